The van der Waals surface area contributed by atoms with Crippen molar-refractivity contribution in [3.63, 3.8) is 0 Å². The van der Waals surface area contributed by atoms with Crippen LogP contribution in [-0.4, -0.2) is 48.0 Å². The molecule has 2 aromatic heterocycles. The fourth-order valence-electron chi connectivity index (χ4n) is 2.39. The lowest BCUT2D eigenvalue weighted by Gasteiger charge is -2.06. The number of hydrogen-bond donors (Lipinski definition) is 6. The molecule has 3 rings (SSSR count). The van der Waals surface area contributed by atoms with Gasteiger partial charge in [-0.05, 0) is 30.7 Å². The minimum atomic E-state index is -0.948. The third kappa shape index (κ3) is 7.37. The van der Waals surface area contributed by atoms with Crippen LogP contribution in [0.2, 0.25) is 0 Å². The molecule has 0 atom stereocenters. The largest absolute Gasteiger partial charge is 0.481 e. The predicted octanol–water partition coefficient (Wildman–Crippen LogP) is 0.332. The van der Waals surface area contributed by atoms with Gasteiger partial charge in [0.2, 0.25) is 11.9 Å². The second kappa shape index (κ2) is 11.0. The first-order valence-electron chi connectivity index (χ1n) is 9.24. The van der Waals surface area contributed by atoms with Gasteiger partial charge in [0.25, 0.3) is 5.56 Å². The summed E-state index contributed by atoms with van der Waals surface area (Å²) < 4.78 is 0. The van der Waals surface area contributed by atoms with Gasteiger partial charge >= 0.3 is 11.9 Å². The molecular weight excluding hydrogens is 422 g/mol. The van der Waals surface area contributed by atoms with Gasteiger partial charge in [0.1, 0.15) is 0 Å². The first kappa shape index (κ1) is 23.7. The molecule has 1 aromatic carbocycles. The lowest BCUT2D eigenvalue weighted by Crippen LogP contribution is -2.15. The summed E-state index contributed by atoms with van der Waals surface area (Å²) in [6.45, 7) is 0.350. The SMILES string of the molecule is NC(=O)c1ccc(NCc2cnc3nc(N)[nH]c(=O)c3n2)cc1.O=C(O)CCCC(=O)O. The maximum absolute atomic E-state index is 11.8. The Balaban J connectivity index is 0.000000344. The van der Waals surface area contributed by atoms with Crippen LogP contribution in [0, 0.1) is 0 Å². The van der Waals surface area contributed by atoms with E-state index in [2.05, 4.69) is 25.3 Å². The lowest BCUT2D eigenvalue weighted by molar-refractivity contribution is -0.138. The summed E-state index contributed by atoms with van der Waals surface area (Å²) in [4.78, 5) is 56.9. The first-order valence-corrected chi connectivity index (χ1v) is 9.24. The lowest BCUT2D eigenvalue weighted by atomic mass is 10.2. The van der Waals surface area contributed by atoms with Crippen LogP contribution in [0.1, 0.15) is 35.3 Å². The number of aromatic amines is 1. The second-order valence-electron chi connectivity index (χ2n) is 6.42. The van der Waals surface area contributed by atoms with Gasteiger partial charge in [0, 0.05) is 24.1 Å². The topological polar surface area (TPSA) is 227 Å². The molecule has 13 heteroatoms. The minimum Gasteiger partial charge on any atom is -0.481 e. The van der Waals surface area contributed by atoms with E-state index in [9.17, 15) is 19.2 Å². The number of hydrogen-bond acceptors (Lipinski definition) is 9. The van der Waals surface area contributed by atoms with Crippen LogP contribution in [0.15, 0.2) is 35.3 Å². The maximum atomic E-state index is 11.8. The highest BCUT2D eigenvalue weighted by Crippen LogP contribution is 2.11. The van der Waals surface area contributed by atoms with Crippen molar-refractivity contribution in [2.75, 3.05) is 11.1 Å². The highest BCUT2D eigenvalue weighted by molar-refractivity contribution is 5.93. The molecule has 168 valence electrons. The molecule has 0 aliphatic carbocycles. The number of nitrogens with two attached hydrogens (primary N) is 2. The fourth-order valence-corrected chi connectivity index (χ4v) is 2.39. The van der Waals surface area contributed by atoms with Crippen molar-refractivity contribution in [1.82, 2.24) is 19.9 Å². The van der Waals surface area contributed by atoms with Crippen LogP contribution < -0.4 is 22.3 Å². The average molecular weight is 443 g/mol. The van der Waals surface area contributed by atoms with Crippen molar-refractivity contribution >= 4 is 40.6 Å². The Morgan fingerprint density at radius 3 is 2.22 bits per heavy atom. The van der Waals surface area contributed by atoms with E-state index < -0.39 is 23.4 Å². The van der Waals surface area contributed by atoms with Gasteiger partial charge in [0.15, 0.2) is 11.2 Å². The molecule has 0 saturated heterocycles. The molecule has 3 aromatic rings. The summed E-state index contributed by atoms with van der Waals surface area (Å²) in [7, 11) is 0. The van der Waals surface area contributed by atoms with Gasteiger partial charge < -0.3 is 27.0 Å². The highest BCUT2D eigenvalue weighted by Gasteiger charge is 2.07. The van der Waals surface area contributed by atoms with E-state index in [1.165, 1.54) is 6.20 Å². The molecule has 0 aliphatic heterocycles. The number of rotatable bonds is 8. The van der Waals surface area contributed by atoms with Crippen molar-refractivity contribution in [2.24, 2.45) is 5.73 Å². The van der Waals surface area contributed by atoms with Gasteiger partial charge in [-0.3, -0.25) is 24.2 Å². The number of anilines is 2. The number of nitrogen functional groups attached to an aromatic ring is 1. The quantitative estimate of drug-likeness (QED) is 0.278. The average Bonchev–Trinajstić information content (AvgIpc) is 2.72. The van der Waals surface area contributed by atoms with E-state index >= 15 is 0 Å². The van der Waals surface area contributed by atoms with E-state index in [0.29, 0.717) is 17.8 Å². The summed E-state index contributed by atoms with van der Waals surface area (Å²) in [5.74, 6) is -2.38. The Kier molecular flexibility index (Phi) is 8.16. The first-order chi connectivity index (χ1) is 15.2. The number of carbonyl (C=O) groups is 3. The normalized spacial score (nSPS) is 10.1. The van der Waals surface area contributed by atoms with Gasteiger partial charge in [0.05, 0.1) is 18.4 Å². The van der Waals surface area contributed by atoms with E-state index in [1.54, 1.807) is 24.3 Å². The molecule has 2 heterocycles. The Morgan fingerprint density at radius 1 is 1.03 bits per heavy atom. The van der Waals surface area contributed by atoms with Crippen LogP contribution in [0.4, 0.5) is 11.6 Å². The molecule has 8 N–H and O–H groups in total. The number of primary amides is 1. The van der Waals surface area contributed by atoms with Gasteiger partial charge in [-0.1, -0.05) is 0 Å². The molecular formula is C19H21N7O6. The van der Waals surface area contributed by atoms with Crippen LogP contribution in [0.25, 0.3) is 11.2 Å². The molecule has 0 fully saturated rings. The van der Waals surface area contributed by atoms with Crippen LogP contribution in [-0.2, 0) is 16.1 Å². The number of amides is 1. The molecule has 13 nitrogen and oxygen atoms in total. The van der Waals surface area contributed by atoms with E-state index in [-0.39, 0.29) is 36.4 Å². The van der Waals surface area contributed by atoms with E-state index in [0.717, 1.165) is 5.69 Å². The summed E-state index contributed by atoms with van der Waals surface area (Å²) in [5.41, 5.74) is 12.3. The van der Waals surface area contributed by atoms with Crippen molar-refractivity contribution in [3.05, 3.63) is 52.1 Å². The number of benzene rings is 1. The zero-order valence-corrected chi connectivity index (χ0v) is 16.7. The molecule has 0 spiro atoms. The van der Waals surface area contributed by atoms with Crippen LogP contribution in [0.3, 0.4) is 0 Å². The predicted molar refractivity (Wildman–Crippen MR) is 114 cm³/mol. The van der Waals surface area contributed by atoms with E-state index in [4.69, 9.17) is 21.7 Å². The van der Waals surface area contributed by atoms with Gasteiger partial charge in [-0.15, -0.1) is 0 Å². The smallest absolute Gasteiger partial charge is 0.303 e. The molecule has 32 heavy (non-hydrogen) atoms. The number of fused-ring (bicyclic) bond motifs is 1. The third-order valence-electron chi connectivity index (χ3n) is 3.91. The minimum absolute atomic E-state index is 0.00258. The number of carboxylic acid groups (broad SMARTS) is 2. The summed E-state index contributed by atoms with van der Waals surface area (Å²) in [6.07, 6.45) is 1.60. The summed E-state index contributed by atoms with van der Waals surface area (Å²) in [5, 5.41) is 19.2. The molecule has 0 aliphatic rings. The number of aromatic nitrogens is 4. The number of nitrogens with zero attached hydrogens (tertiary/aromatic N) is 3. The molecule has 0 bridgehead atoms. The zero-order valence-electron chi connectivity index (χ0n) is 16.7. The molecule has 0 radical (unpaired) electrons. The number of H-pyrrole nitrogens is 1. The molecule has 0 unspecified atom stereocenters. The number of nitrogens with one attached hydrogen (secondary N) is 2. The number of carbonyl (C=O) groups excluding carboxylic acids is 1. The number of aliphatic carboxylic acids is 2. The highest BCUT2D eigenvalue weighted by atomic mass is 16.4. The monoisotopic (exact) mass is 443 g/mol. The van der Waals surface area contributed by atoms with Crippen LogP contribution in [0.5, 0.6) is 0 Å². The van der Waals surface area contributed by atoms with Gasteiger partial charge in [-0.25, -0.2) is 9.97 Å². The Labute approximate surface area is 180 Å². The Morgan fingerprint density at radius 2 is 1.66 bits per heavy atom. The fraction of sp³-hybridized carbons (Fsp3) is 0.211. The Hall–Kier alpha value is -4.55. The maximum Gasteiger partial charge on any atom is 0.303 e. The molecule has 1 amide bonds. The standard InChI is InChI=1S/C14H13N7O2.C5H8O4/c15-11(22)7-1-3-8(4-2-7)17-5-9-6-18-12-10(19-9)13(23)21-14(16)20-12;6-4(7)2-1-3-5(8)9/h1-4,6,17H,5H2,(H2,15,22)(H3,16,18,20,21,23);1-3H2,(H,6,7)(H,8,9). The third-order valence-corrected chi connectivity index (χ3v) is 3.91. The van der Waals surface area contributed by atoms with Crippen molar-refractivity contribution in [1.29, 1.82) is 0 Å². The number of carboxylic acids is 2. The van der Waals surface area contributed by atoms with Gasteiger partial charge in [-0.2, -0.15) is 4.98 Å². The van der Waals surface area contributed by atoms with E-state index in [1.807, 2.05) is 0 Å². The Bertz CT molecular complexity index is 1160. The van der Waals surface area contributed by atoms with Crippen molar-refractivity contribution in [3.8, 4) is 0 Å². The van der Waals surface area contributed by atoms with Crippen LogP contribution >= 0.6 is 0 Å². The van der Waals surface area contributed by atoms with Crippen molar-refractivity contribution < 1.29 is 24.6 Å². The summed E-state index contributed by atoms with van der Waals surface area (Å²) in [6, 6.07) is 6.69. The summed E-state index contributed by atoms with van der Waals surface area (Å²) >= 11 is 0. The zero-order chi connectivity index (χ0) is 23.7. The molecule has 0 saturated carbocycles. The second-order valence-corrected chi connectivity index (χ2v) is 6.42. The van der Waals surface area contributed by atoms with Crippen molar-refractivity contribution in [2.45, 2.75) is 25.8 Å².